The zero-order valence-corrected chi connectivity index (χ0v) is 11.6. The lowest BCUT2D eigenvalue weighted by Crippen LogP contribution is -2.37. The lowest BCUT2D eigenvalue weighted by molar-refractivity contribution is -0.384. The minimum atomic E-state index is -0.345. The maximum Gasteiger partial charge on any atom is 0.269 e. The molecule has 1 aliphatic heterocycles. The van der Waals surface area contributed by atoms with Crippen molar-refractivity contribution in [3.05, 3.63) is 39.9 Å². The summed E-state index contributed by atoms with van der Waals surface area (Å²) in [5, 5.41) is 10.7. The number of nitrogens with zero attached hydrogens (tertiary/aromatic N) is 2. The summed E-state index contributed by atoms with van der Waals surface area (Å²) in [7, 11) is 0. The van der Waals surface area contributed by atoms with Gasteiger partial charge in [-0.3, -0.25) is 15.0 Å². The van der Waals surface area contributed by atoms with Crippen molar-refractivity contribution in [3.8, 4) is 0 Å². The van der Waals surface area contributed by atoms with E-state index >= 15 is 0 Å². The van der Waals surface area contributed by atoms with Crippen LogP contribution in [0.15, 0.2) is 24.3 Å². The molecule has 1 aromatic rings. The Balaban J connectivity index is 0.00000180. The highest BCUT2D eigenvalue weighted by molar-refractivity contribution is 5.85. The first-order valence-electron chi connectivity index (χ1n) is 6.35. The first-order valence-corrected chi connectivity index (χ1v) is 6.35. The van der Waals surface area contributed by atoms with Crippen LogP contribution in [0.3, 0.4) is 0 Å². The van der Waals surface area contributed by atoms with Gasteiger partial charge in [-0.2, -0.15) is 0 Å². The van der Waals surface area contributed by atoms with Crippen molar-refractivity contribution in [3.63, 3.8) is 0 Å². The molecule has 0 saturated carbocycles. The number of likely N-dealkylation sites (tertiary alicyclic amines) is 1. The van der Waals surface area contributed by atoms with E-state index in [1.54, 1.807) is 12.1 Å². The molecule has 0 aromatic heterocycles. The predicted molar refractivity (Wildman–Crippen MR) is 77.4 cm³/mol. The maximum atomic E-state index is 10.7. The quantitative estimate of drug-likeness (QED) is 0.680. The van der Waals surface area contributed by atoms with Crippen LogP contribution >= 0.6 is 12.4 Å². The van der Waals surface area contributed by atoms with Crippen molar-refractivity contribution < 1.29 is 4.92 Å². The van der Waals surface area contributed by atoms with Crippen molar-refractivity contribution in [1.82, 2.24) is 4.90 Å². The lowest BCUT2D eigenvalue weighted by atomic mass is 9.98. The Morgan fingerprint density at radius 1 is 1.47 bits per heavy atom. The smallest absolute Gasteiger partial charge is 0.269 e. The van der Waals surface area contributed by atoms with Gasteiger partial charge < -0.3 is 5.73 Å². The number of nitrogens with two attached hydrogens (primary N) is 1. The van der Waals surface area contributed by atoms with Crippen LogP contribution in [-0.4, -0.2) is 29.5 Å². The van der Waals surface area contributed by atoms with E-state index in [0.29, 0.717) is 5.92 Å². The van der Waals surface area contributed by atoms with Crippen molar-refractivity contribution in [1.29, 1.82) is 0 Å². The monoisotopic (exact) mass is 285 g/mol. The van der Waals surface area contributed by atoms with Gasteiger partial charge in [-0.15, -0.1) is 12.4 Å². The summed E-state index contributed by atoms with van der Waals surface area (Å²) in [5.41, 5.74) is 6.88. The van der Waals surface area contributed by atoms with Crippen molar-refractivity contribution in [2.45, 2.75) is 19.4 Å². The molecule has 1 saturated heterocycles. The van der Waals surface area contributed by atoms with Crippen LogP contribution in [0.25, 0.3) is 0 Å². The van der Waals surface area contributed by atoms with Crippen LogP contribution in [0.5, 0.6) is 0 Å². The van der Waals surface area contributed by atoms with Gasteiger partial charge in [0.1, 0.15) is 0 Å². The van der Waals surface area contributed by atoms with Crippen molar-refractivity contribution in [2.24, 2.45) is 11.7 Å². The SMILES string of the molecule is Cl.NCC1CCCN(Cc2cccc([N+](=O)[O-])c2)C1. The maximum absolute atomic E-state index is 10.7. The average Bonchev–Trinajstić information content (AvgIpc) is 2.39. The van der Waals surface area contributed by atoms with E-state index in [2.05, 4.69) is 4.90 Å². The molecule has 1 heterocycles. The second-order valence-corrected chi connectivity index (χ2v) is 4.91. The third-order valence-electron chi connectivity index (χ3n) is 3.46. The molecular formula is C13H20ClN3O2. The van der Waals surface area contributed by atoms with E-state index in [4.69, 9.17) is 5.73 Å². The molecule has 1 unspecified atom stereocenters. The van der Waals surface area contributed by atoms with E-state index in [1.807, 2.05) is 6.07 Å². The molecular weight excluding hydrogens is 266 g/mol. The number of non-ortho nitro benzene ring substituents is 1. The molecule has 0 spiro atoms. The summed E-state index contributed by atoms with van der Waals surface area (Å²) in [6.45, 7) is 3.56. The number of benzene rings is 1. The molecule has 1 fully saturated rings. The summed E-state index contributed by atoms with van der Waals surface area (Å²) in [4.78, 5) is 12.7. The minimum absolute atomic E-state index is 0. The fraction of sp³-hybridized carbons (Fsp3) is 0.538. The third-order valence-corrected chi connectivity index (χ3v) is 3.46. The van der Waals surface area contributed by atoms with E-state index in [9.17, 15) is 10.1 Å². The molecule has 0 aliphatic carbocycles. The Morgan fingerprint density at radius 2 is 2.26 bits per heavy atom. The topological polar surface area (TPSA) is 72.4 Å². The number of nitro groups is 1. The zero-order chi connectivity index (χ0) is 13.0. The normalized spacial score (nSPS) is 19.7. The van der Waals surface area contributed by atoms with Gasteiger partial charge in [0, 0.05) is 25.2 Å². The predicted octanol–water partition coefficient (Wildman–Crippen LogP) is 2.19. The van der Waals surface area contributed by atoms with Gasteiger partial charge in [-0.25, -0.2) is 0 Å². The fourth-order valence-corrected chi connectivity index (χ4v) is 2.51. The van der Waals surface area contributed by atoms with E-state index in [-0.39, 0.29) is 23.0 Å². The van der Waals surface area contributed by atoms with E-state index in [1.165, 1.54) is 12.5 Å². The summed E-state index contributed by atoms with van der Waals surface area (Å²) < 4.78 is 0. The fourth-order valence-electron chi connectivity index (χ4n) is 2.51. The van der Waals surface area contributed by atoms with Gasteiger partial charge in [-0.1, -0.05) is 12.1 Å². The minimum Gasteiger partial charge on any atom is -0.330 e. The number of hydrogen-bond acceptors (Lipinski definition) is 4. The Morgan fingerprint density at radius 3 is 2.95 bits per heavy atom. The molecule has 2 rings (SSSR count). The average molecular weight is 286 g/mol. The first-order chi connectivity index (χ1) is 8.69. The molecule has 6 heteroatoms. The highest BCUT2D eigenvalue weighted by atomic mass is 35.5. The molecule has 1 aliphatic rings. The summed E-state index contributed by atoms with van der Waals surface area (Å²) in [6.07, 6.45) is 2.36. The lowest BCUT2D eigenvalue weighted by Gasteiger charge is -2.32. The first kappa shape index (κ1) is 15.9. The van der Waals surface area contributed by atoms with Crippen LogP contribution in [0.1, 0.15) is 18.4 Å². The molecule has 106 valence electrons. The number of halogens is 1. The van der Waals surface area contributed by atoms with Crippen LogP contribution in [0.2, 0.25) is 0 Å². The van der Waals surface area contributed by atoms with Gasteiger partial charge in [-0.05, 0) is 37.4 Å². The Hall–Kier alpha value is -1.17. The van der Waals surface area contributed by atoms with Crippen LogP contribution in [0, 0.1) is 16.0 Å². The standard InChI is InChI=1S/C13H19N3O2.ClH/c14-8-12-4-2-6-15(10-12)9-11-3-1-5-13(7-11)16(17)18;/h1,3,5,7,12H,2,4,6,8-10,14H2;1H. The Kier molecular flexibility index (Phi) is 6.21. The van der Waals surface area contributed by atoms with E-state index < -0.39 is 0 Å². The molecule has 0 radical (unpaired) electrons. The van der Waals surface area contributed by atoms with Gasteiger partial charge >= 0.3 is 0 Å². The van der Waals surface area contributed by atoms with Gasteiger partial charge in [0.2, 0.25) is 0 Å². The molecule has 2 N–H and O–H groups in total. The largest absolute Gasteiger partial charge is 0.330 e. The van der Waals surface area contributed by atoms with Crippen LogP contribution in [-0.2, 0) is 6.54 Å². The number of piperidine rings is 1. The Labute approximate surface area is 119 Å². The second kappa shape index (κ2) is 7.43. The molecule has 0 amide bonds. The molecule has 1 aromatic carbocycles. The van der Waals surface area contributed by atoms with Crippen molar-refractivity contribution in [2.75, 3.05) is 19.6 Å². The third kappa shape index (κ3) is 4.45. The summed E-state index contributed by atoms with van der Waals surface area (Å²) in [5.74, 6) is 0.567. The summed E-state index contributed by atoms with van der Waals surface area (Å²) >= 11 is 0. The van der Waals surface area contributed by atoms with Crippen LogP contribution < -0.4 is 5.73 Å². The molecule has 0 bridgehead atoms. The van der Waals surface area contributed by atoms with Crippen molar-refractivity contribution >= 4 is 18.1 Å². The van der Waals surface area contributed by atoms with Gasteiger partial charge in [0.25, 0.3) is 5.69 Å². The number of nitro benzene ring substituents is 1. The Bertz CT molecular complexity index is 428. The number of hydrogen-bond donors (Lipinski definition) is 1. The summed E-state index contributed by atoms with van der Waals surface area (Å²) in [6, 6.07) is 6.88. The highest BCUT2D eigenvalue weighted by Crippen LogP contribution is 2.19. The van der Waals surface area contributed by atoms with E-state index in [0.717, 1.165) is 38.2 Å². The molecule has 1 atom stereocenters. The van der Waals surface area contributed by atoms with Crippen LogP contribution in [0.4, 0.5) is 5.69 Å². The second-order valence-electron chi connectivity index (χ2n) is 4.91. The highest BCUT2D eigenvalue weighted by Gasteiger charge is 2.19. The number of rotatable bonds is 4. The zero-order valence-electron chi connectivity index (χ0n) is 10.8. The molecule has 19 heavy (non-hydrogen) atoms. The van der Waals surface area contributed by atoms with Gasteiger partial charge in [0.15, 0.2) is 0 Å². The molecule has 5 nitrogen and oxygen atoms in total. The van der Waals surface area contributed by atoms with Gasteiger partial charge in [0.05, 0.1) is 4.92 Å².